The van der Waals surface area contributed by atoms with Crippen LogP contribution in [0, 0.1) is 17.3 Å². The summed E-state index contributed by atoms with van der Waals surface area (Å²) in [5.41, 5.74) is 0.00943. The Labute approximate surface area is 145 Å². The highest BCUT2D eigenvalue weighted by molar-refractivity contribution is 5.75. The van der Waals surface area contributed by atoms with E-state index in [4.69, 9.17) is 4.74 Å². The van der Waals surface area contributed by atoms with Crippen molar-refractivity contribution in [3.05, 3.63) is 0 Å². The van der Waals surface area contributed by atoms with Gasteiger partial charge in [0.15, 0.2) is 0 Å². The SMILES string of the molecule is CC1(C)[C@H](NC(=O)N2C[C@H](O)C[C@@H]2C2CCCCC2)[C@@H]2CCO[C@@H]21. The summed E-state index contributed by atoms with van der Waals surface area (Å²) >= 11 is 0. The van der Waals surface area contributed by atoms with E-state index < -0.39 is 0 Å². The molecule has 4 rings (SSSR count). The molecule has 2 amide bonds. The summed E-state index contributed by atoms with van der Waals surface area (Å²) in [6.07, 6.45) is 7.99. The van der Waals surface area contributed by atoms with Crippen LogP contribution in [0.5, 0.6) is 0 Å². The van der Waals surface area contributed by atoms with Crippen LogP contribution in [0.15, 0.2) is 0 Å². The van der Waals surface area contributed by atoms with Gasteiger partial charge in [0.25, 0.3) is 0 Å². The minimum absolute atomic E-state index is 0.00943. The molecule has 0 unspecified atom stereocenters. The van der Waals surface area contributed by atoms with Crippen LogP contribution in [0.4, 0.5) is 4.79 Å². The minimum atomic E-state index is -0.361. The van der Waals surface area contributed by atoms with Gasteiger partial charge in [-0.15, -0.1) is 0 Å². The maximum Gasteiger partial charge on any atom is 0.317 e. The molecule has 5 nitrogen and oxygen atoms in total. The number of rotatable bonds is 2. The van der Waals surface area contributed by atoms with Gasteiger partial charge in [-0.2, -0.15) is 0 Å². The van der Waals surface area contributed by atoms with Crippen LogP contribution in [-0.2, 0) is 4.74 Å². The molecule has 0 bridgehead atoms. The second-order valence-electron chi connectivity index (χ2n) is 9.00. The fraction of sp³-hybridized carbons (Fsp3) is 0.947. The molecule has 4 aliphatic rings. The van der Waals surface area contributed by atoms with Crippen molar-refractivity contribution in [3.8, 4) is 0 Å². The lowest BCUT2D eigenvalue weighted by atomic mass is 9.57. The number of hydrogen-bond donors (Lipinski definition) is 2. The first kappa shape index (κ1) is 16.6. The number of carbonyl (C=O) groups excluding carboxylic acids is 1. The van der Waals surface area contributed by atoms with Crippen LogP contribution in [0.3, 0.4) is 0 Å². The third-order valence-corrected chi connectivity index (χ3v) is 7.16. The first-order chi connectivity index (χ1) is 11.5. The van der Waals surface area contributed by atoms with E-state index in [1.54, 1.807) is 0 Å². The number of carbonyl (C=O) groups is 1. The predicted octanol–water partition coefficient (Wildman–Crippen LogP) is 2.53. The largest absolute Gasteiger partial charge is 0.391 e. The van der Waals surface area contributed by atoms with E-state index in [0.717, 1.165) is 19.4 Å². The van der Waals surface area contributed by atoms with Gasteiger partial charge in [-0.25, -0.2) is 4.79 Å². The average Bonchev–Trinajstić information content (AvgIpc) is 3.18. The van der Waals surface area contributed by atoms with Gasteiger partial charge in [0.2, 0.25) is 0 Å². The fourth-order valence-electron chi connectivity index (χ4n) is 5.88. The zero-order valence-corrected chi connectivity index (χ0v) is 15.0. The van der Waals surface area contributed by atoms with Gasteiger partial charge in [0.05, 0.1) is 12.2 Å². The summed E-state index contributed by atoms with van der Waals surface area (Å²) in [4.78, 5) is 14.9. The van der Waals surface area contributed by atoms with Crippen molar-refractivity contribution >= 4 is 6.03 Å². The highest BCUT2D eigenvalue weighted by atomic mass is 16.5. The van der Waals surface area contributed by atoms with Crippen molar-refractivity contribution in [1.29, 1.82) is 0 Å². The molecule has 0 aromatic heterocycles. The topological polar surface area (TPSA) is 61.8 Å². The molecular formula is C19H32N2O3. The minimum Gasteiger partial charge on any atom is -0.391 e. The number of urea groups is 1. The number of amides is 2. The molecule has 2 heterocycles. The van der Waals surface area contributed by atoms with Gasteiger partial charge in [-0.1, -0.05) is 33.1 Å². The van der Waals surface area contributed by atoms with Crippen molar-refractivity contribution in [1.82, 2.24) is 10.2 Å². The first-order valence-electron chi connectivity index (χ1n) is 9.85. The molecule has 0 spiro atoms. The van der Waals surface area contributed by atoms with E-state index in [9.17, 15) is 9.90 Å². The standard InChI is InChI=1S/C19H32N2O3/c1-19(2)16(14-8-9-24-17(14)19)20-18(23)21-11-13(22)10-15(21)12-6-4-3-5-7-12/h12-17,22H,3-11H2,1-2H3,(H,20,23)/t13-,14+,15-,16-,17+/m1/s1. The number of hydrogen-bond acceptors (Lipinski definition) is 3. The molecule has 4 fully saturated rings. The number of nitrogens with one attached hydrogen (secondary N) is 1. The van der Waals surface area contributed by atoms with E-state index in [2.05, 4.69) is 19.2 Å². The maximum absolute atomic E-state index is 13.0. The zero-order chi connectivity index (χ0) is 16.9. The Kier molecular flexibility index (Phi) is 4.28. The van der Waals surface area contributed by atoms with Crippen molar-refractivity contribution in [3.63, 3.8) is 0 Å². The molecule has 2 saturated heterocycles. The van der Waals surface area contributed by atoms with E-state index in [0.29, 0.717) is 24.5 Å². The van der Waals surface area contributed by atoms with Gasteiger partial charge in [-0.3, -0.25) is 0 Å². The smallest absolute Gasteiger partial charge is 0.317 e. The second-order valence-corrected chi connectivity index (χ2v) is 9.00. The number of nitrogens with zero attached hydrogens (tertiary/aromatic N) is 1. The third-order valence-electron chi connectivity index (χ3n) is 7.16. The molecule has 0 aromatic rings. The normalized spacial score (nSPS) is 41.8. The summed E-state index contributed by atoms with van der Waals surface area (Å²) in [7, 11) is 0. The number of aliphatic hydroxyl groups is 1. The Balaban J connectivity index is 1.43. The maximum atomic E-state index is 13.0. The van der Waals surface area contributed by atoms with E-state index in [-0.39, 0.29) is 29.6 Å². The van der Waals surface area contributed by atoms with Gasteiger partial charge < -0.3 is 20.1 Å². The first-order valence-corrected chi connectivity index (χ1v) is 9.85. The van der Waals surface area contributed by atoms with Crippen LogP contribution in [0.2, 0.25) is 0 Å². The van der Waals surface area contributed by atoms with Crippen LogP contribution in [0.25, 0.3) is 0 Å². The van der Waals surface area contributed by atoms with E-state index in [1.807, 2.05) is 4.90 Å². The van der Waals surface area contributed by atoms with E-state index >= 15 is 0 Å². The summed E-state index contributed by atoms with van der Waals surface area (Å²) in [5.74, 6) is 1.03. The molecule has 2 aliphatic carbocycles. The van der Waals surface area contributed by atoms with Gasteiger partial charge in [0.1, 0.15) is 0 Å². The van der Waals surface area contributed by atoms with Crippen molar-refractivity contribution in [2.45, 2.75) is 83.1 Å². The van der Waals surface area contributed by atoms with Crippen LogP contribution < -0.4 is 5.32 Å². The molecule has 5 heteroatoms. The Hall–Kier alpha value is -0.810. The highest BCUT2D eigenvalue weighted by Gasteiger charge is 2.60. The number of likely N-dealkylation sites (tertiary alicyclic amines) is 1. The van der Waals surface area contributed by atoms with Crippen molar-refractivity contribution in [2.75, 3.05) is 13.2 Å². The fourth-order valence-corrected chi connectivity index (χ4v) is 5.88. The molecule has 2 N–H and O–H groups in total. The van der Waals surface area contributed by atoms with Gasteiger partial charge in [-0.05, 0) is 31.6 Å². The van der Waals surface area contributed by atoms with Gasteiger partial charge >= 0.3 is 6.03 Å². The predicted molar refractivity (Wildman–Crippen MR) is 91.6 cm³/mol. The van der Waals surface area contributed by atoms with Gasteiger partial charge in [0, 0.05) is 36.6 Å². The number of β-amino-alcohol motifs (C(OH)–C–C–N with tert-alkyl or cyclic N) is 1. The highest BCUT2D eigenvalue weighted by Crippen LogP contribution is 2.52. The van der Waals surface area contributed by atoms with Crippen molar-refractivity contribution < 1.29 is 14.6 Å². The lowest BCUT2D eigenvalue weighted by Crippen LogP contribution is -2.68. The van der Waals surface area contributed by atoms with Crippen molar-refractivity contribution in [2.24, 2.45) is 17.3 Å². The van der Waals surface area contributed by atoms with Crippen LogP contribution in [0.1, 0.15) is 58.8 Å². The summed E-state index contributed by atoms with van der Waals surface area (Å²) < 4.78 is 5.83. The molecule has 5 atom stereocenters. The average molecular weight is 336 g/mol. The van der Waals surface area contributed by atoms with Crippen LogP contribution in [-0.4, -0.2) is 53.5 Å². The quantitative estimate of drug-likeness (QED) is 0.814. The third kappa shape index (κ3) is 2.64. The molecule has 2 saturated carbocycles. The molecule has 136 valence electrons. The number of aliphatic hydroxyl groups excluding tert-OH is 1. The molecule has 2 aliphatic heterocycles. The molecule has 0 radical (unpaired) electrons. The molecule has 24 heavy (non-hydrogen) atoms. The van der Waals surface area contributed by atoms with Crippen LogP contribution >= 0.6 is 0 Å². The number of ether oxygens (including phenoxy) is 1. The Morgan fingerprint density at radius 2 is 1.96 bits per heavy atom. The number of fused-ring (bicyclic) bond motifs is 1. The lowest BCUT2D eigenvalue weighted by Gasteiger charge is -2.55. The summed E-state index contributed by atoms with van der Waals surface area (Å²) in [6.45, 7) is 5.70. The zero-order valence-electron chi connectivity index (χ0n) is 15.0. The lowest BCUT2D eigenvalue weighted by molar-refractivity contribution is -0.109. The summed E-state index contributed by atoms with van der Waals surface area (Å²) in [6, 6.07) is 0.451. The Bertz CT molecular complexity index is 489. The summed E-state index contributed by atoms with van der Waals surface area (Å²) in [5, 5.41) is 13.5. The molecular weight excluding hydrogens is 304 g/mol. The van der Waals surface area contributed by atoms with E-state index in [1.165, 1.54) is 32.1 Å². The molecule has 0 aromatic carbocycles. The second kappa shape index (κ2) is 6.17. The Morgan fingerprint density at radius 1 is 1.21 bits per heavy atom. The monoisotopic (exact) mass is 336 g/mol. The Morgan fingerprint density at radius 3 is 2.71 bits per heavy atom.